The summed E-state index contributed by atoms with van der Waals surface area (Å²) in [5, 5.41) is 7.73. The molecular formula is C15H22N4. The first kappa shape index (κ1) is 13.7. The zero-order chi connectivity index (χ0) is 13.7. The van der Waals surface area contributed by atoms with Crippen molar-refractivity contribution < 1.29 is 0 Å². The minimum absolute atomic E-state index is 0.376. The zero-order valence-corrected chi connectivity index (χ0v) is 11.9. The number of hydrogen-bond acceptors (Lipinski definition) is 3. The van der Waals surface area contributed by atoms with E-state index in [1.165, 1.54) is 11.1 Å². The van der Waals surface area contributed by atoms with Crippen molar-refractivity contribution in [3.63, 3.8) is 0 Å². The second-order valence-electron chi connectivity index (χ2n) is 5.22. The van der Waals surface area contributed by atoms with Gasteiger partial charge in [0.1, 0.15) is 12.7 Å². The Balaban J connectivity index is 1.84. The van der Waals surface area contributed by atoms with E-state index in [4.69, 9.17) is 0 Å². The Hall–Kier alpha value is -1.68. The zero-order valence-electron chi connectivity index (χ0n) is 11.9. The molecule has 4 heteroatoms. The Morgan fingerprint density at radius 1 is 1.21 bits per heavy atom. The van der Waals surface area contributed by atoms with Crippen LogP contribution in [0, 0.1) is 6.92 Å². The molecule has 2 atom stereocenters. The summed E-state index contributed by atoms with van der Waals surface area (Å²) < 4.78 is 1.86. The Bertz CT molecular complexity index is 493. The predicted molar refractivity (Wildman–Crippen MR) is 77.0 cm³/mol. The fraction of sp³-hybridized carbons (Fsp3) is 0.467. The summed E-state index contributed by atoms with van der Waals surface area (Å²) in [4.78, 5) is 3.96. The molecule has 0 fully saturated rings. The van der Waals surface area contributed by atoms with E-state index in [0.29, 0.717) is 12.1 Å². The molecule has 102 valence electrons. The highest BCUT2D eigenvalue weighted by atomic mass is 15.3. The minimum atomic E-state index is 0.376. The van der Waals surface area contributed by atoms with E-state index in [2.05, 4.69) is 60.4 Å². The maximum Gasteiger partial charge on any atom is 0.137 e. The van der Waals surface area contributed by atoms with Crippen molar-refractivity contribution >= 4 is 0 Å². The summed E-state index contributed by atoms with van der Waals surface area (Å²) in [6.45, 7) is 7.42. The lowest BCUT2D eigenvalue weighted by Gasteiger charge is -2.20. The molecule has 0 amide bonds. The maximum atomic E-state index is 4.13. The molecule has 1 aromatic carbocycles. The molecule has 0 radical (unpaired) electrons. The van der Waals surface area contributed by atoms with Crippen molar-refractivity contribution in [1.82, 2.24) is 20.1 Å². The summed E-state index contributed by atoms with van der Waals surface area (Å²) in [6, 6.07) is 9.38. The third-order valence-corrected chi connectivity index (χ3v) is 3.28. The maximum absolute atomic E-state index is 4.13. The molecule has 2 unspecified atom stereocenters. The Kier molecular flexibility index (Phi) is 4.68. The van der Waals surface area contributed by atoms with Gasteiger partial charge in [0.15, 0.2) is 0 Å². The first-order valence-corrected chi connectivity index (χ1v) is 6.78. The highest BCUT2D eigenvalue weighted by molar-refractivity contribution is 5.26. The average molecular weight is 258 g/mol. The molecule has 2 aromatic rings. The monoisotopic (exact) mass is 258 g/mol. The van der Waals surface area contributed by atoms with Crippen molar-refractivity contribution in [1.29, 1.82) is 0 Å². The molecule has 1 aromatic heterocycles. The third-order valence-electron chi connectivity index (χ3n) is 3.28. The largest absolute Gasteiger partial charge is 0.310 e. The number of nitrogens with one attached hydrogen (secondary N) is 1. The van der Waals surface area contributed by atoms with Crippen LogP contribution in [0.1, 0.15) is 25.0 Å². The van der Waals surface area contributed by atoms with Gasteiger partial charge in [0.2, 0.25) is 0 Å². The van der Waals surface area contributed by atoms with Crippen LogP contribution < -0.4 is 5.32 Å². The minimum Gasteiger partial charge on any atom is -0.310 e. The van der Waals surface area contributed by atoms with E-state index in [9.17, 15) is 0 Å². The van der Waals surface area contributed by atoms with Crippen LogP contribution in [0.2, 0.25) is 0 Å². The van der Waals surface area contributed by atoms with Crippen LogP contribution in [-0.2, 0) is 13.0 Å². The van der Waals surface area contributed by atoms with E-state index >= 15 is 0 Å². The lowest BCUT2D eigenvalue weighted by Crippen LogP contribution is -2.38. The van der Waals surface area contributed by atoms with Gasteiger partial charge in [-0.25, -0.2) is 4.98 Å². The van der Waals surface area contributed by atoms with Gasteiger partial charge in [-0.1, -0.05) is 24.3 Å². The molecule has 0 saturated heterocycles. The van der Waals surface area contributed by atoms with Crippen molar-refractivity contribution in [2.45, 2.75) is 45.8 Å². The standard InChI is InChI=1S/C15H22N4/c1-12-6-4-5-7-15(12)8-13(2)18-14(3)9-19-11-16-10-17-19/h4-7,10-11,13-14,18H,8-9H2,1-3H3. The molecule has 2 rings (SSSR count). The molecule has 1 heterocycles. The number of hydrogen-bond donors (Lipinski definition) is 1. The average Bonchev–Trinajstić information content (AvgIpc) is 2.84. The fourth-order valence-corrected chi connectivity index (χ4v) is 2.37. The molecule has 19 heavy (non-hydrogen) atoms. The molecule has 0 bridgehead atoms. The van der Waals surface area contributed by atoms with Crippen molar-refractivity contribution in [2.24, 2.45) is 0 Å². The molecule has 1 N–H and O–H groups in total. The van der Waals surface area contributed by atoms with E-state index in [1.807, 2.05) is 4.68 Å². The van der Waals surface area contributed by atoms with Crippen LogP contribution in [0.4, 0.5) is 0 Å². The summed E-state index contributed by atoms with van der Waals surface area (Å²) in [5.41, 5.74) is 2.77. The normalized spacial score (nSPS) is 14.3. The van der Waals surface area contributed by atoms with Gasteiger partial charge in [-0.15, -0.1) is 0 Å². The lowest BCUT2D eigenvalue weighted by molar-refractivity contribution is 0.405. The van der Waals surface area contributed by atoms with Crippen molar-refractivity contribution in [3.8, 4) is 0 Å². The van der Waals surface area contributed by atoms with E-state index in [0.717, 1.165) is 13.0 Å². The van der Waals surface area contributed by atoms with Gasteiger partial charge >= 0.3 is 0 Å². The van der Waals surface area contributed by atoms with Crippen molar-refractivity contribution in [2.75, 3.05) is 0 Å². The second kappa shape index (κ2) is 6.48. The summed E-state index contributed by atoms with van der Waals surface area (Å²) in [7, 11) is 0. The highest BCUT2D eigenvalue weighted by Crippen LogP contribution is 2.10. The molecule has 4 nitrogen and oxygen atoms in total. The SMILES string of the molecule is Cc1ccccc1CC(C)NC(C)Cn1cncn1. The highest BCUT2D eigenvalue weighted by Gasteiger charge is 2.10. The fourth-order valence-electron chi connectivity index (χ4n) is 2.37. The van der Waals surface area contributed by atoms with Gasteiger partial charge in [-0.05, 0) is 38.3 Å². The van der Waals surface area contributed by atoms with Crippen LogP contribution in [0.5, 0.6) is 0 Å². The molecular weight excluding hydrogens is 236 g/mol. The molecule has 0 aliphatic carbocycles. The first-order chi connectivity index (χ1) is 9.15. The molecule has 0 aliphatic heterocycles. The van der Waals surface area contributed by atoms with Gasteiger partial charge in [0.05, 0.1) is 6.54 Å². The summed E-state index contributed by atoms with van der Waals surface area (Å²) in [5.74, 6) is 0. The van der Waals surface area contributed by atoms with Crippen LogP contribution in [0.15, 0.2) is 36.9 Å². The van der Waals surface area contributed by atoms with E-state index < -0.39 is 0 Å². The number of benzene rings is 1. The number of aromatic nitrogens is 3. The van der Waals surface area contributed by atoms with Gasteiger partial charge in [0.25, 0.3) is 0 Å². The van der Waals surface area contributed by atoms with Crippen LogP contribution in [0.25, 0.3) is 0 Å². The molecule has 0 aliphatic rings. The first-order valence-electron chi connectivity index (χ1n) is 6.78. The van der Waals surface area contributed by atoms with E-state index in [1.54, 1.807) is 12.7 Å². The van der Waals surface area contributed by atoms with Crippen molar-refractivity contribution in [3.05, 3.63) is 48.0 Å². The Morgan fingerprint density at radius 3 is 2.68 bits per heavy atom. The van der Waals surface area contributed by atoms with Gasteiger partial charge < -0.3 is 5.32 Å². The quantitative estimate of drug-likeness (QED) is 0.863. The number of rotatable bonds is 6. The Labute approximate surface area is 114 Å². The van der Waals surface area contributed by atoms with Gasteiger partial charge in [-0.2, -0.15) is 5.10 Å². The van der Waals surface area contributed by atoms with Crippen LogP contribution in [-0.4, -0.2) is 26.8 Å². The second-order valence-corrected chi connectivity index (χ2v) is 5.22. The molecule has 0 saturated carbocycles. The van der Waals surface area contributed by atoms with Crippen LogP contribution >= 0.6 is 0 Å². The van der Waals surface area contributed by atoms with E-state index in [-0.39, 0.29) is 0 Å². The lowest BCUT2D eigenvalue weighted by atomic mass is 10.0. The molecule has 0 spiro atoms. The smallest absolute Gasteiger partial charge is 0.137 e. The number of aryl methyl sites for hydroxylation is 1. The van der Waals surface area contributed by atoms with Gasteiger partial charge in [0, 0.05) is 12.1 Å². The number of nitrogens with zero attached hydrogens (tertiary/aromatic N) is 3. The summed E-state index contributed by atoms with van der Waals surface area (Å²) >= 11 is 0. The van der Waals surface area contributed by atoms with Gasteiger partial charge in [-0.3, -0.25) is 4.68 Å². The summed E-state index contributed by atoms with van der Waals surface area (Å²) in [6.07, 6.45) is 4.38. The Morgan fingerprint density at radius 2 is 2.00 bits per heavy atom. The third kappa shape index (κ3) is 4.17. The topological polar surface area (TPSA) is 42.7 Å². The predicted octanol–water partition coefficient (Wildman–Crippen LogP) is 2.20. The van der Waals surface area contributed by atoms with Crippen LogP contribution in [0.3, 0.4) is 0 Å².